The summed E-state index contributed by atoms with van der Waals surface area (Å²) in [7, 11) is -7.58. The van der Waals surface area contributed by atoms with Crippen molar-refractivity contribution in [3.63, 3.8) is 0 Å². The van der Waals surface area contributed by atoms with Crippen LogP contribution in [-0.4, -0.2) is 78.6 Å². The number of benzene rings is 2. The first-order valence-electron chi connectivity index (χ1n) is 11.4. The number of nitrogens with zero attached hydrogens (tertiary/aromatic N) is 3. The fraction of sp³-hybridized carbons (Fsp3) is 0.391. The number of amides is 2. The number of sulfonamides is 2. The predicted octanol–water partition coefficient (Wildman–Crippen LogP) is 1.24. The maximum Gasteiger partial charge on any atom is 0.245 e. The van der Waals surface area contributed by atoms with Gasteiger partial charge in [-0.3, -0.25) is 13.9 Å². The molecule has 1 N–H and O–H groups in total. The number of nitrogens with one attached hydrogen (secondary N) is 1. The van der Waals surface area contributed by atoms with Crippen molar-refractivity contribution in [3.05, 3.63) is 48.5 Å². The van der Waals surface area contributed by atoms with Crippen molar-refractivity contribution in [2.75, 3.05) is 60.2 Å². The SMILES string of the molecule is CS(=O)(=O)N(CC(=O)Nc1ccc(N2CCCC2=O)cc1)c1ccc(S(=O)(=O)N2CCOCC2)cc1. The van der Waals surface area contributed by atoms with Crippen LogP contribution >= 0.6 is 0 Å². The van der Waals surface area contributed by atoms with Crippen LogP contribution in [-0.2, 0) is 34.4 Å². The zero-order valence-electron chi connectivity index (χ0n) is 19.8. The third-order valence-corrected chi connectivity index (χ3v) is 9.01. The predicted molar refractivity (Wildman–Crippen MR) is 135 cm³/mol. The molecule has 0 unspecified atom stereocenters. The van der Waals surface area contributed by atoms with E-state index in [0.717, 1.165) is 22.7 Å². The van der Waals surface area contributed by atoms with Crippen LogP contribution < -0.4 is 14.5 Å². The summed E-state index contributed by atoms with van der Waals surface area (Å²) in [6, 6.07) is 12.1. The Balaban J connectivity index is 1.45. The molecule has 2 amide bonds. The number of rotatable bonds is 8. The van der Waals surface area contributed by atoms with Gasteiger partial charge in [-0.1, -0.05) is 0 Å². The molecule has 2 aromatic carbocycles. The van der Waals surface area contributed by atoms with Crippen molar-refractivity contribution in [2.45, 2.75) is 17.7 Å². The molecule has 0 bridgehead atoms. The largest absolute Gasteiger partial charge is 0.379 e. The Labute approximate surface area is 210 Å². The molecule has 2 aromatic rings. The minimum absolute atomic E-state index is 0.0302. The van der Waals surface area contributed by atoms with Gasteiger partial charge in [-0.05, 0) is 55.0 Å². The Morgan fingerprint density at radius 3 is 2.17 bits per heavy atom. The summed E-state index contributed by atoms with van der Waals surface area (Å²) in [5.41, 5.74) is 1.35. The van der Waals surface area contributed by atoms with Crippen LogP contribution in [0.2, 0.25) is 0 Å². The summed E-state index contributed by atoms with van der Waals surface area (Å²) in [6.07, 6.45) is 2.29. The molecule has 36 heavy (non-hydrogen) atoms. The van der Waals surface area contributed by atoms with Crippen molar-refractivity contribution in [1.82, 2.24) is 4.31 Å². The molecule has 0 aromatic heterocycles. The van der Waals surface area contributed by atoms with Crippen molar-refractivity contribution >= 4 is 48.9 Å². The van der Waals surface area contributed by atoms with Gasteiger partial charge >= 0.3 is 0 Å². The van der Waals surface area contributed by atoms with Gasteiger partial charge in [0.1, 0.15) is 6.54 Å². The Kier molecular flexibility index (Phi) is 7.64. The summed E-state index contributed by atoms with van der Waals surface area (Å²) in [6.45, 7) is 1.27. The second kappa shape index (κ2) is 10.5. The summed E-state index contributed by atoms with van der Waals surface area (Å²) in [4.78, 5) is 26.3. The number of carbonyl (C=O) groups excluding carboxylic acids is 2. The molecule has 2 saturated heterocycles. The summed E-state index contributed by atoms with van der Waals surface area (Å²) in [5.74, 6) is -0.519. The first kappa shape index (κ1) is 26.1. The van der Waals surface area contributed by atoms with Gasteiger partial charge in [-0.15, -0.1) is 0 Å². The highest BCUT2D eigenvalue weighted by Gasteiger charge is 2.27. The Hall–Kier alpha value is -3.00. The lowest BCUT2D eigenvalue weighted by molar-refractivity contribution is -0.117. The molecule has 0 saturated carbocycles. The minimum atomic E-state index is -3.85. The molecular weight excluding hydrogens is 508 g/mol. The van der Waals surface area contributed by atoms with Crippen LogP contribution in [0.5, 0.6) is 0 Å². The summed E-state index contributed by atoms with van der Waals surface area (Å²) >= 11 is 0. The van der Waals surface area contributed by atoms with Gasteiger partial charge in [0.25, 0.3) is 0 Å². The van der Waals surface area contributed by atoms with E-state index in [1.165, 1.54) is 28.6 Å². The fourth-order valence-electron chi connectivity index (χ4n) is 4.10. The minimum Gasteiger partial charge on any atom is -0.379 e. The number of ether oxygens (including phenoxy) is 1. The molecule has 13 heteroatoms. The van der Waals surface area contributed by atoms with E-state index in [2.05, 4.69) is 5.32 Å². The van der Waals surface area contributed by atoms with Crippen molar-refractivity contribution < 1.29 is 31.2 Å². The van der Waals surface area contributed by atoms with Crippen LogP contribution in [0.1, 0.15) is 12.8 Å². The number of carbonyl (C=O) groups is 2. The average Bonchev–Trinajstić information content (AvgIpc) is 3.29. The topological polar surface area (TPSA) is 133 Å². The molecule has 0 radical (unpaired) electrons. The van der Waals surface area contributed by atoms with Crippen molar-refractivity contribution in [1.29, 1.82) is 0 Å². The number of anilines is 3. The van der Waals surface area contributed by atoms with Crippen LogP contribution in [0.25, 0.3) is 0 Å². The number of hydrogen-bond acceptors (Lipinski definition) is 7. The Morgan fingerprint density at radius 2 is 1.61 bits per heavy atom. The van der Waals surface area contributed by atoms with Gasteiger partial charge in [-0.25, -0.2) is 16.8 Å². The first-order chi connectivity index (χ1) is 17.1. The zero-order chi connectivity index (χ0) is 25.9. The van der Waals surface area contributed by atoms with E-state index in [1.807, 2.05) is 0 Å². The van der Waals surface area contributed by atoms with E-state index >= 15 is 0 Å². The highest BCUT2D eigenvalue weighted by Crippen LogP contribution is 2.25. The van der Waals surface area contributed by atoms with E-state index in [-0.39, 0.29) is 29.6 Å². The van der Waals surface area contributed by atoms with Crippen LogP contribution in [0.4, 0.5) is 17.1 Å². The molecule has 0 atom stereocenters. The fourth-order valence-corrected chi connectivity index (χ4v) is 6.36. The molecule has 2 heterocycles. The standard InChI is InChI=1S/C23H28N4O7S2/c1-35(30,31)27(20-8-10-21(11-9-20)36(32,33)25-13-15-34-16-14-25)17-22(28)24-18-4-6-19(7-5-18)26-12-2-3-23(26)29/h4-11H,2-3,12-17H2,1H3,(H,24,28). The monoisotopic (exact) mass is 536 g/mol. The lowest BCUT2D eigenvalue weighted by atomic mass is 10.2. The van der Waals surface area contributed by atoms with Crippen LogP contribution in [0.3, 0.4) is 0 Å². The van der Waals surface area contributed by atoms with E-state index in [0.29, 0.717) is 31.9 Å². The zero-order valence-corrected chi connectivity index (χ0v) is 21.4. The van der Waals surface area contributed by atoms with E-state index < -0.39 is 32.5 Å². The number of morpholine rings is 1. The lowest BCUT2D eigenvalue weighted by Gasteiger charge is -2.26. The number of hydrogen-bond donors (Lipinski definition) is 1. The average molecular weight is 537 g/mol. The molecule has 0 aliphatic carbocycles. The normalized spacial score (nSPS) is 17.2. The van der Waals surface area contributed by atoms with E-state index in [4.69, 9.17) is 4.74 Å². The van der Waals surface area contributed by atoms with Gasteiger partial charge in [0.2, 0.25) is 31.9 Å². The Bertz CT molecular complexity index is 1320. The van der Waals surface area contributed by atoms with Crippen LogP contribution in [0, 0.1) is 0 Å². The quantitative estimate of drug-likeness (QED) is 0.537. The smallest absolute Gasteiger partial charge is 0.245 e. The molecule has 2 fully saturated rings. The lowest BCUT2D eigenvalue weighted by Crippen LogP contribution is -2.40. The third-order valence-electron chi connectivity index (χ3n) is 5.96. The van der Waals surface area contributed by atoms with Gasteiger partial charge in [0.15, 0.2) is 0 Å². The van der Waals surface area contributed by atoms with Gasteiger partial charge in [0, 0.05) is 37.4 Å². The van der Waals surface area contributed by atoms with Crippen LogP contribution in [0.15, 0.2) is 53.4 Å². The van der Waals surface area contributed by atoms with Gasteiger partial charge in [0.05, 0.1) is 30.1 Å². The summed E-state index contributed by atoms with van der Waals surface area (Å²) in [5, 5.41) is 2.66. The molecular formula is C23H28N4O7S2. The van der Waals surface area contributed by atoms with Gasteiger partial charge in [-0.2, -0.15) is 4.31 Å². The molecule has 0 spiro atoms. The molecule has 194 valence electrons. The highest BCUT2D eigenvalue weighted by molar-refractivity contribution is 7.92. The van der Waals surface area contributed by atoms with Crippen molar-refractivity contribution in [2.24, 2.45) is 0 Å². The molecule has 4 rings (SSSR count). The van der Waals surface area contributed by atoms with Gasteiger partial charge < -0.3 is 15.0 Å². The molecule has 11 nitrogen and oxygen atoms in total. The molecule has 2 aliphatic rings. The maximum absolute atomic E-state index is 12.8. The van der Waals surface area contributed by atoms with E-state index in [1.54, 1.807) is 29.2 Å². The van der Waals surface area contributed by atoms with E-state index in [9.17, 15) is 26.4 Å². The maximum atomic E-state index is 12.8. The third kappa shape index (κ3) is 5.86. The second-order valence-electron chi connectivity index (χ2n) is 8.52. The first-order valence-corrected chi connectivity index (χ1v) is 14.7. The highest BCUT2D eigenvalue weighted by atomic mass is 32.2. The molecule has 2 aliphatic heterocycles. The second-order valence-corrected chi connectivity index (χ2v) is 12.4. The van der Waals surface area contributed by atoms with Crippen molar-refractivity contribution in [3.8, 4) is 0 Å². The summed E-state index contributed by atoms with van der Waals surface area (Å²) < 4.78 is 58.0. The Morgan fingerprint density at radius 1 is 0.972 bits per heavy atom.